The molecule has 2 saturated heterocycles. The molecule has 9 nitrogen and oxygen atoms in total. The van der Waals surface area contributed by atoms with Crippen LogP contribution in [0.2, 0.25) is 0 Å². The summed E-state index contributed by atoms with van der Waals surface area (Å²) >= 11 is 0. The van der Waals surface area contributed by atoms with Gasteiger partial charge >= 0.3 is 6.03 Å². The Bertz CT molecular complexity index is 1110. The molecule has 0 saturated carbocycles. The molecule has 0 spiro atoms. The number of urea groups is 1. The summed E-state index contributed by atoms with van der Waals surface area (Å²) < 4.78 is 24.3. The van der Waals surface area contributed by atoms with Crippen molar-refractivity contribution >= 4 is 23.5 Å². The summed E-state index contributed by atoms with van der Waals surface area (Å²) in [6.45, 7) is 1.36. The quantitative estimate of drug-likeness (QED) is 0.698. The Morgan fingerprint density at radius 1 is 1.09 bits per heavy atom. The highest BCUT2D eigenvalue weighted by Gasteiger charge is 2.47. The number of halogens is 1. The van der Waals surface area contributed by atoms with Gasteiger partial charge in [0, 0.05) is 11.8 Å². The van der Waals surface area contributed by atoms with Gasteiger partial charge in [0.2, 0.25) is 11.8 Å². The van der Waals surface area contributed by atoms with Crippen LogP contribution < -0.4 is 20.1 Å². The van der Waals surface area contributed by atoms with Crippen LogP contribution in [0.3, 0.4) is 0 Å². The number of fused-ring (bicyclic) bond motifs is 2. The molecule has 3 heterocycles. The summed E-state index contributed by atoms with van der Waals surface area (Å²) in [6.07, 6.45) is 1.41. The molecule has 2 N–H and O–H groups in total. The lowest BCUT2D eigenvalue weighted by atomic mass is 9.93. The smallest absolute Gasteiger partial charge is 0.327 e. The zero-order valence-corrected chi connectivity index (χ0v) is 18.5. The summed E-state index contributed by atoms with van der Waals surface area (Å²) in [6, 6.07) is 9.22. The molecule has 5 rings (SSSR count). The van der Waals surface area contributed by atoms with Crippen molar-refractivity contribution in [1.29, 1.82) is 0 Å². The second-order valence-corrected chi connectivity index (χ2v) is 8.51. The maximum atomic E-state index is 13.4. The fourth-order valence-corrected chi connectivity index (χ4v) is 4.60. The van der Waals surface area contributed by atoms with Crippen molar-refractivity contribution in [2.45, 2.75) is 31.5 Å². The molecular weight excluding hydrogens is 443 g/mol. The number of rotatable bonds is 5. The van der Waals surface area contributed by atoms with Crippen LogP contribution in [0, 0.1) is 5.82 Å². The van der Waals surface area contributed by atoms with Crippen molar-refractivity contribution in [2.75, 3.05) is 31.6 Å². The van der Waals surface area contributed by atoms with Crippen LogP contribution in [-0.2, 0) is 16.1 Å². The number of hydrogen-bond acceptors (Lipinski definition) is 6. The van der Waals surface area contributed by atoms with E-state index in [1.165, 1.54) is 29.2 Å². The van der Waals surface area contributed by atoms with Gasteiger partial charge in [-0.2, -0.15) is 0 Å². The highest BCUT2D eigenvalue weighted by Crippen LogP contribution is 2.33. The molecule has 10 heteroatoms. The average Bonchev–Trinajstić information content (AvgIpc) is 2.85. The van der Waals surface area contributed by atoms with Crippen molar-refractivity contribution in [2.24, 2.45) is 0 Å². The molecule has 2 aromatic rings. The number of anilines is 1. The Labute approximate surface area is 195 Å². The van der Waals surface area contributed by atoms with Crippen LogP contribution in [0.4, 0.5) is 14.9 Å². The maximum absolute atomic E-state index is 13.4. The van der Waals surface area contributed by atoms with E-state index in [9.17, 15) is 18.8 Å². The number of ether oxygens (including phenoxy) is 2. The lowest BCUT2D eigenvalue weighted by Gasteiger charge is -2.46. The summed E-state index contributed by atoms with van der Waals surface area (Å²) in [7, 11) is 0. The number of carbonyl (C=O) groups is 3. The monoisotopic (exact) mass is 468 g/mol. The number of amides is 4. The topological polar surface area (TPSA) is 100 Å². The van der Waals surface area contributed by atoms with Crippen molar-refractivity contribution in [3.05, 3.63) is 53.8 Å². The highest BCUT2D eigenvalue weighted by atomic mass is 19.1. The SMILES string of the molecule is O=C(CN1C(=O)N(Cc2ccc(F)cc2)C(=O)C2NCCCC21)Nc1ccc2c(c1)OCCO2. The van der Waals surface area contributed by atoms with Gasteiger partial charge < -0.3 is 25.0 Å². The summed E-state index contributed by atoms with van der Waals surface area (Å²) in [5.74, 6) is 0.0479. The van der Waals surface area contributed by atoms with Gasteiger partial charge in [0.15, 0.2) is 11.5 Å². The fourth-order valence-electron chi connectivity index (χ4n) is 4.60. The predicted octanol–water partition coefficient (Wildman–Crippen LogP) is 2.12. The van der Waals surface area contributed by atoms with E-state index in [4.69, 9.17) is 9.47 Å². The number of piperidine rings is 1. The highest BCUT2D eigenvalue weighted by molar-refractivity contribution is 6.03. The number of benzene rings is 2. The van der Waals surface area contributed by atoms with Gasteiger partial charge in [-0.3, -0.25) is 14.5 Å². The minimum absolute atomic E-state index is 0.00310. The predicted molar refractivity (Wildman–Crippen MR) is 120 cm³/mol. The van der Waals surface area contributed by atoms with E-state index in [2.05, 4.69) is 10.6 Å². The number of nitrogens with zero attached hydrogens (tertiary/aromatic N) is 2. The summed E-state index contributed by atoms with van der Waals surface area (Å²) in [5.41, 5.74) is 1.15. The zero-order valence-electron chi connectivity index (χ0n) is 18.5. The van der Waals surface area contributed by atoms with Crippen LogP contribution in [0.15, 0.2) is 42.5 Å². The first-order valence-corrected chi connectivity index (χ1v) is 11.3. The zero-order chi connectivity index (χ0) is 23.7. The van der Waals surface area contributed by atoms with Crippen LogP contribution in [0.5, 0.6) is 11.5 Å². The summed E-state index contributed by atoms with van der Waals surface area (Å²) in [5, 5.41) is 6.00. The molecule has 2 atom stereocenters. The first kappa shape index (κ1) is 22.1. The van der Waals surface area contributed by atoms with Gasteiger partial charge in [-0.05, 0) is 49.2 Å². The third kappa shape index (κ3) is 4.41. The Morgan fingerprint density at radius 2 is 1.85 bits per heavy atom. The maximum Gasteiger partial charge on any atom is 0.327 e. The Balaban J connectivity index is 1.33. The minimum atomic E-state index is -0.589. The van der Waals surface area contributed by atoms with E-state index in [0.29, 0.717) is 48.9 Å². The molecule has 0 aliphatic carbocycles. The molecule has 2 aromatic carbocycles. The molecule has 2 unspecified atom stereocenters. The van der Waals surface area contributed by atoms with E-state index in [1.54, 1.807) is 18.2 Å². The lowest BCUT2D eigenvalue weighted by molar-refractivity contribution is -0.138. The number of imide groups is 1. The van der Waals surface area contributed by atoms with E-state index in [0.717, 1.165) is 11.3 Å². The Morgan fingerprint density at radius 3 is 2.65 bits per heavy atom. The first-order chi connectivity index (χ1) is 16.5. The van der Waals surface area contributed by atoms with E-state index in [-0.39, 0.29) is 24.9 Å². The third-order valence-electron chi connectivity index (χ3n) is 6.23. The van der Waals surface area contributed by atoms with Crippen LogP contribution in [0.25, 0.3) is 0 Å². The lowest BCUT2D eigenvalue weighted by Crippen LogP contribution is -2.70. The molecule has 34 heavy (non-hydrogen) atoms. The normalized spacial score (nSPS) is 21.8. The standard InChI is InChI=1S/C24H25FN4O5/c25-16-5-3-15(4-6-16)13-29-23(31)22-18(2-1-9-26-22)28(24(29)32)14-21(30)27-17-7-8-19-20(12-17)34-11-10-33-19/h3-8,12,18,22,26H,1-2,9-11,13-14H2,(H,27,30). The van der Waals surface area contributed by atoms with Gasteiger partial charge in [-0.1, -0.05) is 12.1 Å². The van der Waals surface area contributed by atoms with Crippen LogP contribution in [0.1, 0.15) is 18.4 Å². The molecule has 4 amide bonds. The second kappa shape index (κ2) is 9.30. The van der Waals surface area contributed by atoms with Crippen molar-refractivity contribution in [1.82, 2.24) is 15.1 Å². The van der Waals surface area contributed by atoms with Crippen molar-refractivity contribution < 1.29 is 28.2 Å². The van der Waals surface area contributed by atoms with E-state index < -0.39 is 23.9 Å². The first-order valence-electron chi connectivity index (χ1n) is 11.3. The summed E-state index contributed by atoms with van der Waals surface area (Å²) in [4.78, 5) is 42.0. The molecule has 0 aromatic heterocycles. The Kier molecular flexibility index (Phi) is 6.06. The Hall–Kier alpha value is -3.66. The van der Waals surface area contributed by atoms with Gasteiger partial charge in [0.1, 0.15) is 31.6 Å². The van der Waals surface area contributed by atoms with E-state index in [1.807, 2.05) is 0 Å². The van der Waals surface area contributed by atoms with Gasteiger partial charge in [-0.25, -0.2) is 9.18 Å². The molecule has 0 radical (unpaired) electrons. The largest absolute Gasteiger partial charge is 0.486 e. The fraction of sp³-hybridized carbons (Fsp3) is 0.375. The average molecular weight is 468 g/mol. The number of nitrogens with one attached hydrogen (secondary N) is 2. The molecular formula is C24H25FN4O5. The van der Waals surface area contributed by atoms with Gasteiger partial charge in [-0.15, -0.1) is 0 Å². The van der Waals surface area contributed by atoms with Crippen molar-refractivity contribution in [3.63, 3.8) is 0 Å². The molecule has 178 valence electrons. The number of carbonyl (C=O) groups excluding carboxylic acids is 3. The van der Waals surface area contributed by atoms with Gasteiger partial charge in [0.05, 0.1) is 12.6 Å². The molecule has 2 fully saturated rings. The number of hydrogen-bond donors (Lipinski definition) is 2. The van der Waals surface area contributed by atoms with Crippen LogP contribution >= 0.6 is 0 Å². The molecule has 3 aliphatic heterocycles. The minimum Gasteiger partial charge on any atom is -0.486 e. The molecule has 3 aliphatic rings. The van der Waals surface area contributed by atoms with Crippen LogP contribution in [-0.4, -0.2) is 66.0 Å². The molecule has 0 bridgehead atoms. The third-order valence-corrected chi connectivity index (χ3v) is 6.23. The van der Waals surface area contributed by atoms with Crippen molar-refractivity contribution in [3.8, 4) is 11.5 Å². The second-order valence-electron chi connectivity index (χ2n) is 8.51. The van der Waals surface area contributed by atoms with E-state index >= 15 is 0 Å². The van der Waals surface area contributed by atoms with Gasteiger partial charge in [0.25, 0.3) is 0 Å².